The van der Waals surface area contributed by atoms with Crippen molar-refractivity contribution in [1.82, 2.24) is 0 Å². The molecule has 2 fully saturated rings. The summed E-state index contributed by atoms with van der Waals surface area (Å²) in [5.74, 6) is -2.35. The third-order valence-corrected chi connectivity index (χ3v) is 6.85. The molecule has 0 spiro atoms. The molecule has 6 nitrogen and oxygen atoms in total. The molecule has 1 unspecified atom stereocenters. The first-order valence-corrected chi connectivity index (χ1v) is 12.0. The fourth-order valence-corrected chi connectivity index (χ4v) is 5.04. The number of anilines is 2. The third-order valence-electron chi connectivity index (χ3n) is 6.85. The van der Waals surface area contributed by atoms with Gasteiger partial charge in [0.2, 0.25) is 0 Å². The van der Waals surface area contributed by atoms with E-state index in [1.807, 2.05) is 25.1 Å². The van der Waals surface area contributed by atoms with Gasteiger partial charge in [0, 0.05) is 30.0 Å². The second-order valence-electron chi connectivity index (χ2n) is 9.10. The van der Waals surface area contributed by atoms with E-state index in [1.165, 1.54) is 24.1 Å². The number of aryl methyl sites for hydroxylation is 1. The molecule has 7 heteroatoms. The largest absolute Gasteiger partial charge is 0.507 e. The number of hydrogen-bond donors (Lipinski definition) is 1. The summed E-state index contributed by atoms with van der Waals surface area (Å²) in [4.78, 5) is 30.3. The lowest BCUT2D eigenvalue weighted by molar-refractivity contribution is -0.132. The van der Waals surface area contributed by atoms with Crippen molar-refractivity contribution in [2.45, 2.75) is 25.8 Å². The summed E-state index contributed by atoms with van der Waals surface area (Å²) in [6.07, 6.45) is 2.26. The zero-order chi connectivity index (χ0) is 25.4. The van der Waals surface area contributed by atoms with Crippen LogP contribution in [0.15, 0.2) is 72.3 Å². The molecule has 2 aliphatic rings. The molecule has 1 N–H and O–H groups in total. The minimum Gasteiger partial charge on any atom is -0.507 e. The zero-order valence-corrected chi connectivity index (χ0v) is 20.2. The molecule has 0 radical (unpaired) electrons. The molecule has 0 aromatic heterocycles. The minimum absolute atomic E-state index is 0.119. The van der Waals surface area contributed by atoms with Crippen molar-refractivity contribution in [2.24, 2.45) is 0 Å². The number of nitrogens with zero attached hydrogens (tertiary/aromatic N) is 2. The van der Waals surface area contributed by atoms with E-state index in [1.54, 1.807) is 36.4 Å². The fraction of sp³-hybridized carbons (Fsp3) is 0.241. The number of aliphatic hydroxyl groups is 1. The lowest BCUT2D eigenvalue weighted by Crippen LogP contribution is -2.30. The first kappa shape index (κ1) is 23.6. The number of halogens is 1. The number of rotatable bonds is 5. The van der Waals surface area contributed by atoms with Crippen molar-refractivity contribution < 1.29 is 23.8 Å². The van der Waals surface area contributed by atoms with Crippen molar-refractivity contribution in [1.29, 1.82) is 0 Å². The summed E-state index contributed by atoms with van der Waals surface area (Å²) in [6.45, 7) is 3.78. The smallest absolute Gasteiger partial charge is 0.300 e. The Bertz CT molecular complexity index is 1360. The summed E-state index contributed by atoms with van der Waals surface area (Å²) in [6, 6.07) is 17.3. The van der Waals surface area contributed by atoms with Crippen molar-refractivity contribution in [3.8, 4) is 5.75 Å². The molecule has 2 heterocycles. The van der Waals surface area contributed by atoms with Crippen LogP contribution in [-0.2, 0) is 9.59 Å². The average molecular weight is 487 g/mol. The van der Waals surface area contributed by atoms with Crippen LogP contribution in [0, 0.1) is 12.7 Å². The summed E-state index contributed by atoms with van der Waals surface area (Å²) in [5.41, 5.74) is 2.50. The number of methoxy groups -OCH3 is 1. The number of benzene rings is 3. The SMILES string of the molecule is COc1ccc(C)cc1/C(O)=C1\C(=O)C(=O)N(c2ccc(N3CCCC3)cc2)C1c1ccccc1F. The second-order valence-corrected chi connectivity index (χ2v) is 9.10. The molecule has 0 saturated carbocycles. The van der Waals surface area contributed by atoms with Crippen LogP contribution in [0.1, 0.15) is 35.6 Å². The highest BCUT2D eigenvalue weighted by Crippen LogP contribution is 2.44. The number of ether oxygens (including phenoxy) is 1. The number of amides is 1. The average Bonchev–Trinajstić information content (AvgIpc) is 3.51. The van der Waals surface area contributed by atoms with E-state index in [0.29, 0.717) is 11.4 Å². The van der Waals surface area contributed by atoms with Gasteiger partial charge < -0.3 is 14.7 Å². The molecule has 1 amide bonds. The van der Waals surface area contributed by atoms with E-state index in [-0.39, 0.29) is 16.7 Å². The number of carbonyl (C=O) groups excluding carboxylic acids is 2. The Kier molecular flexibility index (Phi) is 6.22. The van der Waals surface area contributed by atoms with Gasteiger partial charge in [-0.05, 0) is 62.2 Å². The van der Waals surface area contributed by atoms with Crippen molar-refractivity contribution >= 4 is 28.8 Å². The standard InChI is InChI=1S/C29H27FN2O4/c1-18-9-14-24(36-2)22(17-18)27(33)25-26(21-7-3-4-8-23(21)30)32(29(35)28(25)34)20-12-10-19(11-13-20)31-15-5-6-16-31/h3-4,7-14,17,26,33H,5-6,15-16H2,1-2H3/b27-25+. The fourth-order valence-electron chi connectivity index (χ4n) is 5.04. The van der Waals surface area contributed by atoms with Gasteiger partial charge in [-0.3, -0.25) is 14.5 Å². The highest BCUT2D eigenvalue weighted by Gasteiger charge is 2.48. The second kappa shape index (κ2) is 9.49. The predicted octanol–water partition coefficient (Wildman–Crippen LogP) is 5.37. The Balaban J connectivity index is 1.68. The number of ketones is 1. The van der Waals surface area contributed by atoms with Gasteiger partial charge in [-0.25, -0.2) is 4.39 Å². The maximum Gasteiger partial charge on any atom is 0.300 e. The number of hydrogen-bond acceptors (Lipinski definition) is 5. The molecule has 2 aliphatic heterocycles. The highest BCUT2D eigenvalue weighted by molar-refractivity contribution is 6.51. The summed E-state index contributed by atoms with van der Waals surface area (Å²) in [7, 11) is 1.45. The zero-order valence-electron chi connectivity index (χ0n) is 20.2. The van der Waals surface area contributed by atoms with Crippen LogP contribution in [0.3, 0.4) is 0 Å². The lowest BCUT2D eigenvalue weighted by Gasteiger charge is -2.26. The maximum absolute atomic E-state index is 15.1. The predicted molar refractivity (Wildman–Crippen MR) is 137 cm³/mol. The van der Waals surface area contributed by atoms with Crippen molar-refractivity contribution in [3.63, 3.8) is 0 Å². The van der Waals surface area contributed by atoms with Crippen LogP contribution in [0.5, 0.6) is 5.75 Å². The van der Waals surface area contributed by atoms with Crippen LogP contribution in [-0.4, -0.2) is 37.0 Å². The van der Waals surface area contributed by atoms with Gasteiger partial charge >= 0.3 is 0 Å². The number of Topliss-reactive ketones (excluding diaryl/α,β-unsaturated/α-hetero) is 1. The van der Waals surface area contributed by atoms with E-state index in [2.05, 4.69) is 4.90 Å². The topological polar surface area (TPSA) is 70.1 Å². The summed E-state index contributed by atoms with van der Waals surface area (Å²) < 4.78 is 20.5. The van der Waals surface area contributed by atoms with Crippen LogP contribution in [0.25, 0.3) is 5.76 Å². The van der Waals surface area contributed by atoms with Crippen molar-refractivity contribution in [2.75, 3.05) is 30.0 Å². The summed E-state index contributed by atoms with van der Waals surface area (Å²) in [5, 5.41) is 11.4. The molecule has 3 aromatic rings. The van der Waals surface area contributed by atoms with Gasteiger partial charge in [0.05, 0.1) is 24.3 Å². The van der Waals surface area contributed by atoms with Gasteiger partial charge in [0.15, 0.2) is 0 Å². The molecule has 0 aliphatic carbocycles. The van der Waals surface area contributed by atoms with E-state index < -0.39 is 29.3 Å². The minimum atomic E-state index is -1.14. The summed E-state index contributed by atoms with van der Waals surface area (Å²) >= 11 is 0. The van der Waals surface area contributed by atoms with Gasteiger partial charge in [-0.1, -0.05) is 29.8 Å². The molecule has 1 atom stereocenters. The van der Waals surface area contributed by atoms with Gasteiger partial charge in [-0.15, -0.1) is 0 Å². The van der Waals surface area contributed by atoms with Crippen molar-refractivity contribution in [3.05, 3.63) is 94.8 Å². The van der Waals surface area contributed by atoms with Crippen LogP contribution >= 0.6 is 0 Å². The van der Waals surface area contributed by atoms with E-state index in [9.17, 15) is 14.7 Å². The first-order chi connectivity index (χ1) is 17.4. The van der Waals surface area contributed by atoms with Crippen LogP contribution in [0.2, 0.25) is 0 Å². The molecule has 3 aromatic carbocycles. The molecular weight excluding hydrogens is 459 g/mol. The highest BCUT2D eigenvalue weighted by atomic mass is 19.1. The molecule has 0 bridgehead atoms. The molecule has 5 rings (SSSR count). The number of carbonyl (C=O) groups is 2. The third kappa shape index (κ3) is 4.00. The van der Waals surface area contributed by atoms with Gasteiger partial charge in [0.1, 0.15) is 17.3 Å². The first-order valence-electron chi connectivity index (χ1n) is 12.0. The lowest BCUT2D eigenvalue weighted by atomic mass is 9.94. The Hall–Kier alpha value is -4.13. The molecule has 2 saturated heterocycles. The monoisotopic (exact) mass is 486 g/mol. The molecular formula is C29H27FN2O4. The van der Waals surface area contributed by atoms with Gasteiger partial charge in [-0.2, -0.15) is 0 Å². The van der Waals surface area contributed by atoms with E-state index in [4.69, 9.17) is 4.74 Å². The van der Waals surface area contributed by atoms with Crippen LogP contribution < -0.4 is 14.5 Å². The van der Waals surface area contributed by atoms with Gasteiger partial charge in [0.25, 0.3) is 11.7 Å². The molecule has 184 valence electrons. The number of aliphatic hydroxyl groups excluding tert-OH is 1. The normalized spacial score (nSPS) is 19.2. The Morgan fingerprint density at radius 2 is 1.64 bits per heavy atom. The maximum atomic E-state index is 15.1. The Morgan fingerprint density at radius 1 is 0.972 bits per heavy atom. The van der Waals surface area contributed by atoms with Crippen LogP contribution in [0.4, 0.5) is 15.8 Å². The Labute approximate surface area is 209 Å². The Morgan fingerprint density at radius 3 is 2.31 bits per heavy atom. The van der Waals surface area contributed by atoms with E-state index >= 15 is 4.39 Å². The quantitative estimate of drug-likeness (QED) is 0.298. The molecule has 36 heavy (non-hydrogen) atoms. The van der Waals surface area contributed by atoms with E-state index in [0.717, 1.165) is 37.2 Å².